The van der Waals surface area contributed by atoms with Crippen LogP contribution >= 0.6 is 0 Å². The van der Waals surface area contributed by atoms with Gasteiger partial charge in [0, 0.05) is 32.1 Å². The zero-order valence-corrected chi connectivity index (χ0v) is 15.5. The molecule has 8 heteroatoms. The second kappa shape index (κ2) is 7.59. The van der Waals surface area contributed by atoms with E-state index in [-0.39, 0.29) is 24.6 Å². The van der Waals surface area contributed by atoms with Gasteiger partial charge in [0.15, 0.2) is 0 Å². The summed E-state index contributed by atoms with van der Waals surface area (Å²) in [6.45, 7) is 1.75. The van der Waals surface area contributed by atoms with Crippen LogP contribution in [0.4, 0.5) is 5.69 Å². The minimum atomic E-state index is -0.486. The first-order valence-corrected chi connectivity index (χ1v) is 8.76. The predicted molar refractivity (Wildman–Crippen MR) is 101 cm³/mol. The number of rotatable bonds is 6. The van der Waals surface area contributed by atoms with Crippen LogP contribution < -0.4 is 0 Å². The van der Waals surface area contributed by atoms with Crippen molar-refractivity contribution in [3.63, 3.8) is 0 Å². The van der Waals surface area contributed by atoms with Crippen molar-refractivity contribution in [2.24, 2.45) is 0 Å². The summed E-state index contributed by atoms with van der Waals surface area (Å²) in [5.74, 6) is -1.07. The molecule has 0 bridgehead atoms. The van der Waals surface area contributed by atoms with E-state index in [4.69, 9.17) is 0 Å². The molecule has 0 N–H and O–H groups in total. The van der Waals surface area contributed by atoms with E-state index < -0.39 is 22.8 Å². The molecule has 0 fully saturated rings. The molecule has 3 rings (SSSR count). The fourth-order valence-corrected chi connectivity index (χ4v) is 3.16. The van der Waals surface area contributed by atoms with Crippen molar-refractivity contribution in [2.75, 3.05) is 13.6 Å². The summed E-state index contributed by atoms with van der Waals surface area (Å²) >= 11 is 0. The molecule has 2 aromatic rings. The number of nitro groups is 1. The zero-order valence-electron chi connectivity index (χ0n) is 15.5. The highest BCUT2D eigenvalue weighted by Crippen LogP contribution is 2.25. The molecular formula is C20H19N3O5. The molecule has 0 saturated heterocycles. The maximum atomic E-state index is 12.6. The number of non-ortho nitro benzene ring substituents is 1. The summed E-state index contributed by atoms with van der Waals surface area (Å²) in [5, 5.41) is 10.9. The van der Waals surface area contributed by atoms with Gasteiger partial charge in [-0.05, 0) is 24.6 Å². The summed E-state index contributed by atoms with van der Waals surface area (Å²) in [5.41, 5.74) is 1.28. The van der Waals surface area contributed by atoms with Gasteiger partial charge in [0.1, 0.15) is 0 Å². The molecule has 0 aliphatic carbocycles. The van der Waals surface area contributed by atoms with Crippen molar-refractivity contribution in [1.82, 2.24) is 9.80 Å². The number of carbonyl (C=O) groups is 3. The molecule has 8 nitrogen and oxygen atoms in total. The lowest BCUT2D eigenvalue weighted by atomic mass is 10.1. The number of fused-ring (bicyclic) bond motifs is 1. The van der Waals surface area contributed by atoms with E-state index in [1.54, 1.807) is 50.4 Å². The quantitative estimate of drug-likeness (QED) is 0.435. The van der Waals surface area contributed by atoms with Crippen LogP contribution in [0, 0.1) is 10.1 Å². The van der Waals surface area contributed by atoms with Crippen LogP contribution in [0.2, 0.25) is 0 Å². The Kier molecular flexibility index (Phi) is 5.21. The van der Waals surface area contributed by atoms with Gasteiger partial charge < -0.3 is 4.90 Å². The minimum Gasteiger partial charge on any atom is -0.339 e. The van der Waals surface area contributed by atoms with E-state index in [0.717, 1.165) is 4.90 Å². The number of imide groups is 1. The van der Waals surface area contributed by atoms with E-state index in [0.29, 0.717) is 16.7 Å². The average Bonchev–Trinajstić information content (AvgIpc) is 2.95. The molecular weight excluding hydrogens is 362 g/mol. The molecule has 0 spiro atoms. The van der Waals surface area contributed by atoms with E-state index in [1.165, 1.54) is 17.0 Å². The zero-order chi connectivity index (χ0) is 20.4. The molecule has 0 radical (unpaired) electrons. The lowest BCUT2D eigenvalue weighted by Crippen LogP contribution is -2.36. The van der Waals surface area contributed by atoms with Gasteiger partial charge in [-0.2, -0.15) is 0 Å². The Labute approximate surface area is 161 Å². The molecule has 1 aliphatic rings. The molecule has 2 aromatic carbocycles. The highest BCUT2D eigenvalue weighted by Gasteiger charge is 2.35. The van der Waals surface area contributed by atoms with Crippen LogP contribution in [0.25, 0.3) is 0 Å². The normalized spacial score (nSPS) is 14.0. The Balaban J connectivity index is 1.65. The van der Waals surface area contributed by atoms with Gasteiger partial charge in [-0.1, -0.05) is 24.3 Å². The first-order chi connectivity index (χ1) is 13.3. The third-order valence-corrected chi connectivity index (χ3v) is 4.97. The highest BCUT2D eigenvalue weighted by molar-refractivity contribution is 6.21. The third-order valence-electron chi connectivity index (χ3n) is 4.97. The Morgan fingerprint density at radius 1 is 1.11 bits per heavy atom. The summed E-state index contributed by atoms with van der Waals surface area (Å²) in [6, 6.07) is 12.3. The van der Waals surface area contributed by atoms with Crippen LogP contribution in [0.3, 0.4) is 0 Å². The van der Waals surface area contributed by atoms with Crippen molar-refractivity contribution < 1.29 is 19.3 Å². The summed E-state index contributed by atoms with van der Waals surface area (Å²) < 4.78 is 0. The third kappa shape index (κ3) is 3.48. The first-order valence-electron chi connectivity index (χ1n) is 8.76. The summed E-state index contributed by atoms with van der Waals surface area (Å²) in [7, 11) is 1.59. The molecule has 28 heavy (non-hydrogen) atoms. The lowest BCUT2D eigenvalue weighted by Gasteiger charge is -2.26. The molecule has 144 valence electrons. The monoisotopic (exact) mass is 381 g/mol. The average molecular weight is 381 g/mol. The summed E-state index contributed by atoms with van der Waals surface area (Å²) in [6.07, 6.45) is -0.0266. The van der Waals surface area contributed by atoms with E-state index in [1.807, 2.05) is 0 Å². The van der Waals surface area contributed by atoms with Gasteiger partial charge in [0.25, 0.3) is 17.5 Å². The van der Waals surface area contributed by atoms with Crippen molar-refractivity contribution in [3.05, 3.63) is 75.3 Å². The number of nitro benzene ring substituents is 1. The number of carbonyl (C=O) groups excluding carboxylic acids is 3. The van der Waals surface area contributed by atoms with Gasteiger partial charge in [-0.25, -0.2) is 0 Å². The SMILES string of the molecule is C[C@@H](c1cccc([N+](=O)[O-])c1)N(C)C(=O)CCN1C(=O)c2ccccc2C1=O. The maximum Gasteiger partial charge on any atom is 0.269 e. The number of amides is 3. The van der Waals surface area contributed by atoms with Crippen molar-refractivity contribution in [3.8, 4) is 0 Å². The number of benzene rings is 2. The molecule has 0 unspecified atom stereocenters. The van der Waals surface area contributed by atoms with E-state index in [9.17, 15) is 24.5 Å². The largest absolute Gasteiger partial charge is 0.339 e. The fourth-order valence-electron chi connectivity index (χ4n) is 3.16. The molecule has 1 aliphatic heterocycles. The smallest absolute Gasteiger partial charge is 0.269 e. The number of hydrogen-bond donors (Lipinski definition) is 0. The van der Waals surface area contributed by atoms with Crippen molar-refractivity contribution >= 4 is 23.4 Å². The first kappa shape index (κ1) is 19.2. The number of hydrogen-bond acceptors (Lipinski definition) is 5. The topological polar surface area (TPSA) is 101 Å². The van der Waals surface area contributed by atoms with Crippen LogP contribution in [-0.2, 0) is 4.79 Å². The van der Waals surface area contributed by atoms with Crippen molar-refractivity contribution in [2.45, 2.75) is 19.4 Å². The maximum absolute atomic E-state index is 12.6. The molecule has 1 heterocycles. The molecule has 3 amide bonds. The fraction of sp³-hybridized carbons (Fsp3) is 0.250. The van der Waals surface area contributed by atoms with Gasteiger partial charge >= 0.3 is 0 Å². The van der Waals surface area contributed by atoms with E-state index >= 15 is 0 Å². The summed E-state index contributed by atoms with van der Waals surface area (Å²) in [4.78, 5) is 50.3. The molecule has 1 atom stereocenters. The molecule has 0 aromatic heterocycles. The Morgan fingerprint density at radius 2 is 1.71 bits per heavy atom. The van der Waals surface area contributed by atoms with Gasteiger partial charge in [0.05, 0.1) is 22.1 Å². The predicted octanol–water partition coefficient (Wildman–Crippen LogP) is 2.80. The number of nitrogens with zero attached hydrogens (tertiary/aromatic N) is 3. The highest BCUT2D eigenvalue weighted by atomic mass is 16.6. The van der Waals surface area contributed by atoms with Crippen LogP contribution in [0.5, 0.6) is 0 Å². The standard InChI is InChI=1S/C20H19N3O5/c1-13(14-6-5-7-15(12-14)23(27)28)21(2)18(24)10-11-22-19(25)16-8-3-4-9-17(16)20(22)26/h3-9,12-13H,10-11H2,1-2H3/t13-/m0/s1. The van der Waals surface area contributed by atoms with Crippen LogP contribution in [-0.4, -0.2) is 46.0 Å². The Morgan fingerprint density at radius 3 is 2.29 bits per heavy atom. The van der Waals surface area contributed by atoms with Crippen molar-refractivity contribution in [1.29, 1.82) is 0 Å². The van der Waals surface area contributed by atoms with E-state index in [2.05, 4.69) is 0 Å². The van der Waals surface area contributed by atoms with Crippen LogP contribution in [0.15, 0.2) is 48.5 Å². The Hall–Kier alpha value is -3.55. The van der Waals surface area contributed by atoms with Gasteiger partial charge in [-0.3, -0.25) is 29.4 Å². The second-order valence-corrected chi connectivity index (χ2v) is 6.59. The molecule has 0 saturated carbocycles. The van der Waals surface area contributed by atoms with Crippen LogP contribution in [0.1, 0.15) is 45.7 Å². The van der Waals surface area contributed by atoms with Gasteiger partial charge in [0.2, 0.25) is 5.91 Å². The van der Waals surface area contributed by atoms with Gasteiger partial charge in [-0.15, -0.1) is 0 Å². The Bertz CT molecular complexity index is 937. The minimum absolute atomic E-state index is 0.0167. The second-order valence-electron chi connectivity index (χ2n) is 6.59. The lowest BCUT2D eigenvalue weighted by molar-refractivity contribution is -0.384.